The molecular formula is C23H19N3O3S2. The Labute approximate surface area is 184 Å². The average molecular weight is 450 g/mol. The molecule has 0 bridgehead atoms. The first-order chi connectivity index (χ1) is 15.0. The third kappa shape index (κ3) is 3.74. The Balaban J connectivity index is 1.41. The smallest absolute Gasteiger partial charge is 0.255 e. The van der Waals surface area contributed by atoms with Crippen LogP contribution in [0.2, 0.25) is 0 Å². The summed E-state index contributed by atoms with van der Waals surface area (Å²) in [5.41, 5.74) is 2.60. The first-order valence-electron chi connectivity index (χ1n) is 9.83. The summed E-state index contributed by atoms with van der Waals surface area (Å²) in [5, 5.41) is 5.77. The van der Waals surface area contributed by atoms with Crippen LogP contribution in [0.25, 0.3) is 10.9 Å². The van der Waals surface area contributed by atoms with Crippen LogP contribution >= 0.6 is 11.3 Å². The van der Waals surface area contributed by atoms with Crippen LogP contribution in [0, 0.1) is 0 Å². The number of pyridine rings is 1. The number of sulfonamides is 1. The van der Waals surface area contributed by atoms with E-state index in [2.05, 4.69) is 10.3 Å². The van der Waals surface area contributed by atoms with Crippen LogP contribution in [-0.2, 0) is 23.0 Å². The largest absolute Gasteiger partial charge is 0.320 e. The maximum atomic E-state index is 13.2. The lowest BCUT2D eigenvalue weighted by molar-refractivity contribution is 0.102. The Hall–Kier alpha value is -3.07. The molecule has 0 spiro atoms. The summed E-state index contributed by atoms with van der Waals surface area (Å²) in [6.45, 7) is 0.799. The number of para-hydroxylation sites is 1. The molecule has 1 amide bonds. The quantitative estimate of drug-likeness (QED) is 0.504. The number of hydrogen-bond donors (Lipinski definition) is 1. The van der Waals surface area contributed by atoms with Crippen LogP contribution in [-0.4, -0.2) is 30.2 Å². The minimum absolute atomic E-state index is 0.120. The van der Waals surface area contributed by atoms with E-state index >= 15 is 0 Å². The number of thiophene rings is 1. The molecule has 3 heterocycles. The fourth-order valence-electron chi connectivity index (χ4n) is 3.77. The molecule has 156 valence electrons. The summed E-state index contributed by atoms with van der Waals surface area (Å²) >= 11 is 1.66. The number of amides is 1. The number of benzene rings is 2. The SMILES string of the molecule is O=C(Nc1cccc2cccnc12)c1cccc(S(=O)(=O)N2CCc3sccc3C2)c1. The Morgan fingerprint density at radius 1 is 1.06 bits per heavy atom. The van der Waals surface area contributed by atoms with E-state index in [1.807, 2.05) is 35.7 Å². The van der Waals surface area contributed by atoms with Gasteiger partial charge in [0, 0.05) is 35.1 Å². The maximum Gasteiger partial charge on any atom is 0.255 e. The first kappa shape index (κ1) is 19.9. The van der Waals surface area contributed by atoms with Crippen LogP contribution in [0.15, 0.2) is 77.1 Å². The summed E-state index contributed by atoms with van der Waals surface area (Å²) < 4.78 is 27.9. The van der Waals surface area contributed by atoms with Crippen molar-refractivity contribution in [2.45, 2.75) is 17.9 Å². The Bertz CT molecular complexity index is 1390. The van der Waals surface area contributed by atoms with Gasteiger partial charge in [0.2, 0.25) is 10.0 Å². The summed E-state index contributed by atoms with van der Waals surface area (Å²) in [4.78, 5) is 18.6. The second-order valence-electron chi connectivity index (χ2n) is 7.32. The predicted molar refractivity (Wildman–Crippen MR) is 122 cm³/mol. The fourth-order valence-corrected chi connectivity index (χ4v) is 6.13. The molecule has 2 aromatic carbocycles. The third-order valence-electron chi connectivity index (χ3n) is 5.39. The number of fused-ring (bicyclic) bond motifs is 2. The lowest BCUT2D eigenvalue weighted by Crippen LogP contribution is -2.35. The molecule has 0 fully saturated rings. The van der Waals surface area contributed by atoms with Crippen LogP contribution in [0.4, 0.5) is 5.69 Å². The van der Waals surface area contributed by atoms with Gasteiger partial charge in [-0.1, -0.05) is 24.3 Å². The second kappa shape index (κ2) is 7.88. The number of aromatic nitrogens is 1. The van der Waals surface area contributed by atoms with E-state index in [0.29, 0.717) is 30.7 Å². The van der Waals surface area contributed by atoms with Crippen LogP contribution < -0.4 is 5.32 Å². The summed E-state index contributed by atoms with van der Waals surface area (Å²) in [6.07, 6.45) is 2.38. The fraction of sp³-hybridized carbons (Fsp3) is 0.130. The van der Waals surface area contributed by atoms with Crippen molar-refractivity contribution in [2.75, 3.05) is 11.9 Å². The molecule has 0 saturated carbocycles. The van der Waals surface area contributed by atoms with Gasteiger partial charge in [-0.3, -0.25) is 9.78 Å². The Morgan fingerprint density at radius 3 is 2.81 bits per heavy atom. The van der Waals surface area contributed by atoms with Crippen molar-refractivity contribution in [3.63, 3.8) is 0 Å². The minimum atomic E-state index is -3.70. The third-order valence-corrected chi connectivity index (χ3v) is 8.25. The summed E-state index contributed by atoms with van der Waals surface area (Å²) in [5.74, 6) is -0.381. The number of hydrogen-bond acceptors (Lipinski definition) is 5. The Kier molecular flexibility index (Phi) is 5.05. The number of carbonyl (C=O) groups is 1. The molecule has 0 radical (unpaired) electrons. The van der Waals surface area contributed by atoms with Gasteiger partial charge in [-0.05, 0) is 53.8 Å². The lowest BCUT2D eigenvalue weighted by atomic mass is 10.1. The van der Waals surface area contributed by atoms with Gasteiger partial charge in [0.1, 0.15) is 0 Å². The van der Waals surface area contributed by atoms with Crippen molar-refractivity contribution in [2.24, 2.45) is 0 Å². The molecule has 5 rings (SSSR count). The molecule has 0 unspecified atom stereocenters. The van der Waals surface area contributed by atoms with Crippen molar-refractivity contribution < 1.29 is 13.2 Å². The van der Waals surface area contributed by atoms with E-state index < -0.39 is 10.0 Å². The van der Waals surface area contributed by atoms with Gasteiger partial charge in [0.25, 0.3) is 5.91 Å². The van der Waals surface area contributed by atoms with E-state index in [4.69, 9.17) is 0 Å². The molecule has 4 aromatic rings. The van der Waals surface area contributed by atoms with Crippen molar-refractivity contribution in [1.82, 2.24) is 9.29 Å². The standard InChI is InChI=1S/C23H19N3O3S2/c27-23(25-20-8-2-4-16-6-3-11-24-22(16)20)17-5-1-7-19(14-17)31(28,29)26-12-9-21-18(15-26)10-13-30-21/h1-8,10-11,13-14H,9,12,15H2,(H,25,27). The number of carbonyl (C=O) groups excluding carboxylic acids is 1. The minimum Gasteiger partial charge on any atom is -0.320 e. The highest BCUT2D eigenvalue weighted by atomic mass is 32.2. The van der Waals surface area contributed by atoms with Gasteiger partial charge in [0.05, 0.1) is 16.1 Å². The van der Waals surface area contributed by atoms with E-state index in [0.717, 1.165) is 10.9 Å². The van der Waals surface area contributed by atoms with Crippen molar-refractivity contribution in [1.29, 1.82) is 0 Å². The molecule has 1 N–H and O–H groups in total. The van der Waals surface area contributed by atoms with Crippen LogP contribution in [0.1, 0.15) is 20.8 Å². The molecule has 0 saturated heterocycles. The number of anilines is 1. The van der Waals surface area contributed by atoms with Crippen LogP contribution in [0.3, 0.4) is 0 Å². The van der Waals surface area contributed by atoms with Gasteiger partial charge in [-0.25, -0.2) is 8.42 Å². The number of rotatable bonds is 4. The highest BCUT2D eigenvalue weighted by Gasteiger charge is 2.29. The molecule has 1 aliphatic heterocycles. The summed E-state index contributed by atoms with van der Waals surface area (Å²) in [7, 11) is -3.70. The normalized spacial score (nSPS) is 14.3. The van der Waals surface area contributed by atoms with Gasteiger partial charge >= 0.3 is 0 Å². The lowest BCUT2D eigenvalue weighted by Gasteiger charge is -2.26. The molecule has 0 aliphatic carbocycles. The molecule has 31 heavy (non-hydrogen) atoms. The molecule has 0 atom stereocenters. The molecule has 8 heteroatoms. The van der Waals surface area contributed by atoms with Crippen molar-refractivity contribution in [3.05, 3.63) is 88.2 Å². The monoisotopic (exact) mass is 449 g/mol. The van der Waals surface area contributed by atoms with Crippen molar-refractivity contribution in [3.8, 4) is 0 Å². The topological polar surface area (TPSA) is 79.4 Å². The van der Waals surface area contributed by atoms with E-state index in [1.54, 1.807) is 35.7 Å². The van der Waals surface area contributed by atoms with Gasteiger partial charge in [-0.2, -0.15) is 4.31 Å². The van der Waals surface area contributed by atoms with Gasteiger partial charge in [-0.15, -0.1) is 11.3 Å². The van der Waals surface area contributed by atoms with Gasteiger partial charge in [0.15, 0.2) is 0 Å². The van der Waals surface area contributed by atoms with E-state index in [1.165, 1.54) is 21.3 Å². The second-order valence-corrected chi connectivity index (χ2v) is 10.3. The van der Waals surface area contributed by atoms with Crippen LogP contribution in [0.5, 0.6) is 0 Å². The van der Waals surface area contributed by atoms with E-state index in [-0.39, 0.29) is 16.4 Å². The maximum absolute atomic E-state index is 13.2. The number of nitrogens with zero attached hydrogens (tertiary/aromatic N) is 2. The zero-order chi connectivity index (χ0) is 21.4. The molecule has 1 aliphatic rings. The highest BCUT2D eigenvalue weighted by Crippen LogP contribution is 2.28. The zero-order valence-corrected chi connectivity index (χ0v) is 18.1. The first-order valence-corrected chi connectivity index (χ1v) is 12.1. The predicted octanol–water partition coefficient (Wildman–Crippen LogP) is 4.30. The Morgan fingerprint density at radius 2 is 1.90 bits per heavy atom. The molecular weight excluding hydrogens is 430 g/mol. The average Bonchev–Trinajstić information content (AvgIpc) is 3.27. The van der Waals surface area contributed by atoms with E-state index in [9.17, 15) is 13.2 Å². The summed E-state index contributed by atoms with van der Waals surface area (Å²) in [6, 6.07) is 17.5. The van der Waals surface area contributed by atoms with Crippen molar-refractivity contribution >= 4 is 43.9 Å². The highest BCUT2D eigenvalue weighted by molar-refractivity contribution is 7.89. The number of nitrogens with one attached hydrogen (secondary N) is 1. The molecule has 2 aromatic heterocycles. The zero-order valence-electron chi connectivity index (χ0n) is 16.5. The van der Waals surface area contributed by atoms with Gasteiger partial charge < -0.3 is 5.32 Å². The molecule has 6 nitrogen and oxygen atoms in total.